The maximum absolute atomic E-state index is 13.4. The summed E-state index contributed by atoms with van der Waals surface area (Å²) in [6, 6.07) is -1.04. The summed E-state index contributed by atoms with van der Waals surface area (Å²) in [6.07, 6.45) is 68.5. The maximum Gasteiger partial charge on any atom is 0.306 e. The van der Waals surface area contributed by atoms with Gasteiger partial charge in [0.05, 0.1) is 25.4 Å². The van der Waals surface area contributed by atoms with Crippen molar-refractivity contribution in [2.24, 2.45) is 0 Å². The monoisotopic (exact) mass is 1150 g/mol. The van der Waals surface area contributed by atoms with Gasteiger partial charge >= 0.3 is 5.97 Å². The summed E-state index contributed by atoms with van der Waals surface area (Å²) in [5.41, 5.74) is 0. The Morgan fingerprint density at radius 2 is 0.878 bits per heavy atom. The van der Waals surface area contributed by atoms with Gasteiger partial charge in [0.1, 0.15) is 24.4 Å². The van der Waals surface area contributed by atoms with Gasteiger partial charge in [0.2, 0.25) is 5.91 Å². The zero-order valence-electron chi connectivity index (χ0n) is 52.1. The Labute approximate surface area is 500 Å². The van der Waals surface area contributed by atoms with Gasteiger partial charge in [0.15, 0.2) is 12.4 Å². The van der Waals surface area contributed by atoms with Crippen LogP contribution in [0.5, 0.6) is 0 Å². The summed E-state index contributed by atoms with van der Waals surface area (Å²) < 4.78 is 17.6. The third-order valence-corrected chi connectivity index (χ3v) is 14.9. The minimum Gasteiger partial charge on any atom is -0.454 e. The van der Waals surface area contributed by atoms with E-state index in [-0.39, 0.29) is 19.4 Å². The minimum absolute atomic E-state index is 0.111. The van der Waals surface area contributed by atoms with E-state index in [2.05, 4.69) is 123 Å². The van der Waals surface area contributed by atoms with E-state index in [4.69, 9.17) is 14.2 Å². The average molecular weight is 1150 g/mol. The molecule has 470 valence electrons. The summed E-state index contributed by atoms with van der Waals surface area (Å²) in [6.45, 7) is 5.55. The van der Waals surface area contributed by atoms with Crippen LogP contribution in [0.3, 0.4) is 0 Å². The molecule has 0 aromatic carbocycles. The second kappa shape index (κ2) is 57.7. The highest BCUT2D eigenvalue weighted by Gasteiger charge is 2.47. The molecular formula is C71H121NO10. The number of ether oxygens (including phenoxy) is 3. The number of allylic oxidation sites excluding steroid dienone is 17. The molecule has 1 aliphatic heterocycles. The van der Waals surface area contributed by atoms with Crippen molar-refractivity contribution < 1.29 is 49.3 Å². The van der Waals surface area contributed by atoms with E-state index < -0.39 is 67.4 Å². The lowest BCUT2D eigenvalue weighted by Gasteiger charge is -2.41. The third kappa shape index (κ3) is 44.8. The molecule has 1 rings (SSSR count). The topological polar surface area (TPSA) is 175 Å². The molecule has 6 N–H and O–H groups in total. The molecule has 82 heavy (non-hydrogen) atoms. The quantitative estimate of drug-likeness (QED) is 0.0195. The number of aliphatic hydroxyl groups excluding tert-OH is 5. The number of amides is 1. The van der Waals surface area contributed by atoms with Crippen LogP contribution >= 0.6 is 0 Å². The van der Waals surface area contributed by atoms with Gasteiger partial charge in [-0.05, 0) is 103 Å². The van der Waals surface area contributed by atoms with E-state index >= 15 is 0 Å². The van der Waals surface area contributed by atoms with Crippen LogP contribution in [0.15, 0.2) is 109 Å². The predicted molar refractivity (Wildman–Crippen MR) is 342 cm³/mol. The molecule has 1 amide bonds. The Hall–Kier alpha value is -3.68. The molecule has 0 aliphatic carbocycles. The van der Waals surface area contributed by atoms with Crippen LogP contribution in [0, 0.1) is 0 Å². The predicted octanol–water partition coefficient (Wildman–Crippen LogP) is 16.4. The molecular weight excluding hydrogens is 1030 g/mol. The molecule has 1 fully saturated rings. The summed E-state index contributed by atoms with van der Waals surface area (Å²) in [5, 5.41) is 57.0. The van der Waals surface area contributed by atoms with Crippen molar-refractivity contribution >= 4 is 11.9 Å². The van der Waals surface area contributed by atoms with Crippen LogP contribution in [0.4, 0.5) is 0 Å². The normalized spacial score (nSPS) is 19.3. The lowest BCUT2D eigenvalue weighted by Crippen LogP contribution is -2.61. The molecule has 11 nitrogen and oxygen atoms in total. The second-order valence-corrected chi connectivity index (χ2v) is 22.4. The van der Waals surface area contributed by atoms with Gasteiger partial charge in [-0.3, -0.25) is 9.59 Å². The number of unbranched alkanes of at least 4 members (excludes halogenated alkanes) is 25. The molecule has 0 spiro atoms. The van der Waals surface area contributed by atoms with Crippen LogP contribution < -0.4 is 5.32 Å². The first kappa shape index (κ1) is 76.3. The van der Waals surface area contributed by atoms with E-state index in [1.54, 1.807) is 6.08 Å². The number of esters is 1. The van der Waals surface area contributed by atoms with Crippen LogP contribution in [-0.4, -0.2) is 99.6 Å². The molecule has 11 heteroatoms. The van der Waals surface area contributed by atoms with Gasteiger partial charge in [-0.25, -0.2) is 0 Å². The zero-order valence-corrected chi connectivity index (χ0v) is 52.1. The first-order valence-corrected chi connectivity index (χ1v) is 33.2. The van der Waals surface area contributed by atoms with Crippen molar-refractivity contribution in [1.29, 1.82) is 0 Å². The van der Waals surface area contributed by atoms with Crippen LogP contribution in [0.25, 0.3) is 0 Å². The Morgan fingerprint density at radius 3 is 1.32 bits per heavy atom. The van der Waals surface area contributed by atoms with Gasteiger partial charge in [-0.15, -0.1) is 0 Å². The highest BCUT2D eigenvalue weighted by atomic mass is 16.7. The van der Waals surface area contributed by atoms with E-state index in [9.17, 15) is 35.1 Å². The van der Waals surface area contributed by atoms with Gasteiger partial charge < -0.3 is 45.1 Å². The molecule has 0 bridgehead atoms. The minimum atomic E-state index is -1.63. The summed E-state index contributed by atoms with van der Waals surface area (Å²) in [4.78, 5) is 26.6. The number of rotatable bonds is 55. The molecule has 0 aromatic heterocycles. The van der Waals surface area contributed by atoms with E-state index in [1.807, 2.05) is 6.08 Å². The first-order chi connectivity index (χ1) is 40.2. The number of carbonyl (C=O) groups is 2. The summed E-state index contributed by atoms with van der Waals surface area (Å²) >= 11 is 0. The Balaban J connectivity index is 2.59. The van der Waals surface area contributed by atoms with E-state index in [0.717, 1.165) is 122 Å². The van der Waals surface area contributed by atoms with Crippen molar-refractivity contribution in [1.82, 2.24) is 5.32 Å². The van der Waals surface area contributed by atoms with E-state index in [0.29, 0.717) is 12.8 Å². The molecule has 1 heterocycles. The summed E-state index contributed by atoms with van der Waals surface area (Å²) in [5.74, 6) is -1.22. The van der Waals surface area contributed by atoms with Crippen molar-refractivity contribution in [2.45, 2.75) is 314 Å². The Bertz CT molecular complexity index is 1750. The van der Waals surface area contributed by atoms with Gasteiger partial charge in [0, 0.05) is 6.42 Å². The number of carbonyl (C=O) groups excluding carboxylic acids is 2. The number of hydrogen-bond donors (Lipinski definition) is 6. The highest BCUT2D eigenvalue weighted by Crippen LogP contribution is 2.26. The van der Waals surface area contributed by atoms with Crippen molar-refractivity contribution in [3.63, 3.8) is 0 Å². The third-order valence-electron chi connectivity index (χ3n) is 14.9. The maximum atomic E-state index is 13.4. The highest BCUT2D eigenvalue weighted by molar-refractivity contribution is 5.80. The lowest BCUT2D eigenvalue weighted by atomic mass is 9.99. The molecule has 1 saturated heterocycles. The Kier molecular flexibility index (Phi) is 53.7. The number of aliphatic hydroxyl groups is 5. The smallest absolute Gasteiger partial charge is 0.306 e. The van der Waals surface area contributed by atoms with Crippen LogP contribution in [-0.2, 0) is 23.8 Å². The molecule has 0 saturated carbocycles. The first-order valence-electron chi connectivity index (χ1n) is 33.2. The SMILES string of the molecule is CC/C=C\C/C=C\C/C=C\C/C=C\C/C=C\CCCCCCCCCCCCCC(=O)OC1C(OCC(NC(=O)C(O)CCCCC/C=C/C/C=C/C/C=C/CC)C(O)/C=C/CCCCCCCCCCCCC)OC(CO)C(O)C1O. The lowest BCUT2D eigenvalue weighted by molar-refractivity contribution is -0.305. The summed E-state index contributed by atoms with van der Waals surface area (Å²) in [7, 11) is 0. The molecule has 8 unspecified atom stereocenters. The molecule has 0 radical (unpaired) electrons. The zero-order chi connectivity index (χ0) is 59.6. The molecule has 0 aromatic rings. The fraction of sp³-hybridized carbons (Fsp3) is 0.718. The van der Waals surface area contributed by atoms with Crippen molar-refractivity contribution in [3.8, 4) is 0 Å². The number of hydrogen-bond acceptors (Lipinski definition) is 10. The fourth-order valence-electron chi connectivity index (χ4n) is 9.75. The van der Waals surface area contributed by atoms with Gasteiger partial charge in [0.25, 0.3) is 0 Å². The van der Waals surface area contributed by atoms with Crippen LogP contribution in [0.1, 0.15) is 265 Å². The largest absolute Gasteiger partial charge is 0.454 e. The van der Waals surface area contributed by atoms with Gasteiger partial charge in [-0.1, -0.05) is 265 Å². The Morgan fingerprint density at radius 1 is 0.488 bits per heavy atom. The second-order valence-electron chi connectivity index (χ2n) is 22.4. The van der Waals surface area contributed by atoms with Crippen molar-refractivity contribution in [3.05, 3.63) is 109 Å². The number of nitrogens with one attached hydrogen (secondary N) is 1. The standard InChI is InChI=1S/C71H121NO10/c1-4-7-10-13-16-19-22-25-26-27-28-29-30-31-32-33-34-35-36-37-38-41-44-47-50-53-56-59-66(76)82-69-68(78)67(77)65(60-73)81-71(69)80-61-62(63(74)57-54-51-48-45-42-39-23-20-17-14-11-8-5-2)72-70(79)64(75)58-55-52-49-46-43-40-24-21-18-15-12-9-6-3/h7,9-10,12,16,18-19,21,25-26,28-29,31-32,40,43,54,57,62-65,67-69,71,73-75,77-78H,4-6,8,11,13-15,17,20,22-24,27,30,33-39,41-42,44-53,55-56,58-61H2,1-3H3,(H,72,79)/b10-7-,12-9+,19-16-,21-18+,26-25-,29-28-,32-31-,43-40+,57-54+. The average Bonchev–Trinajstić information content (AvgIpc) is 3.57. The molecule has 8 atom stereocenters. The van der Waals surface area contributed by atoms with Gasteiger partial charge in [-0.2, -0.15) is 0 Å². The van der Waals surface area contributed by atoms with Crippen LogP contribution in [0.2, 0.25) is 0 Å². The fourth-order valence-corrected chi connectivity index (χ4v) is 9.75. The molecule has 1 aliphatic rings. The van der Waals surface area contributed by atoms with E-state index in [1.165, 1.54) is 96.3 Å². The van der Waals surface area contributed by atoms with Crippen molar-refractivity contribution in [2.75, 3.05) is 13.2 Å².